The lowest BCUT2D eigenvalue weighted by atomic mass is 10.0. The van der Waals surface area contributed by atoms with Crippen molar-refractivity contribution in [3.05, 3.63) is 41.6 Å². The first-order valence-electron chi connectivity index (χ1n) is 7.46. The van der Waals surface area contributed by atoms with Crippen LogP contribution in [0.1, 0.15) is 11.3 Å². The Bertz CT molecular complexity index is 707. The van der Waals surface area contributed by atoms with Crippen LogP contribution in [0.25, 0.3) is 11.3 Å². The summed E-state index contributed by atoms with van der Waals surface area (Å²) in [6, 6.07) is 9.77. The van der Waals surface area contributed by atoms with Crippen molar-refractivity contribution >= 4 is 6.09 Å². The molecule has 2 aromatic rings. The molecule has 0 bridgehead atoms. The van der Waals surface area contributed by atoms with Crippen molar-refractivity contribution in [1.82, 2.24) is 14.7 Å². The fourth-order valence-electron chi connectivity index (χ4n) is 3.08. The van der Waals surface area contributed by atoms with Gasteiger partial charge >= 0.3 is 6.09 Å². The molecule has 1 aromatic carbocycles. The van der Waals surface area contributed by atoms with Crippen molar-refractivity contribution in [2.75, 3.05) is 19.7 Å². The molecule has 0 spiro atoms. The molecule has 0 aliphatic carbocycles. The lowest BCUT2D eigenvalue weighted by molar-refractivity contribution is 0.189. The maximum absolute atomic E-state index is 11.5. The van der Waals surface area contributed by atoms with Crippen LogP contribution >= 0.6 is 0 Å². The first-order chi connectivity index (χ1) is 10.7. The van der Waals surface area contributed by atoms with E-state index in [0.29, 0.717) is 12.5 Å². The van der Waals surface area contributed by atoms with E-state index in [9.17, 15) is 9.90 Å². The molecule has 4 rings (SSSR count). The second-order valence-corrected chi connectivity index (χ2v) is 5.77. The van der Waals surface area contributed by atoms with E-state index < -0.39 is 6.09 Å². The number of carbonyl (C=O) groups is 1. The van der Waals surface area contributed by atoms with Crippen LogP contribution in [0.15, 0.2) is 30.3 Å². The van der Waals surface area contributed by atoms with Gasteiger partial charge in [0, 0.05) is 37.2 Å². The molecule has 1 N–H and O–H groups in total. The van der Waals surface area contributed by atoms with Gasteiger partial charge in [-0.3, -0.25) is 4.90 Å². The van der Waals surface area contributed by atoms with Crippen molar-refractivity contribution in [3.63, 3.8) is 0 Å². The summed E-state index contributed by atoms with van der Waals surface area (Å²) in [7, 11) is 0. The van der Waals surface area contributed by atoms with E-state index in [2.05, 4.69) is 10.00 Å². The Morgan fingerprint density at radius 2 is 2.14 bits per heavy atom. The number of fused-ring (bicyclic) bond motifs is 1. The Morgan fingerprint density at radius 3 is 2.82 bits per heavy atom. The van der Waals surface area contributed by atoms with Gasteiger partial charge < -0.3 is 9.84 Å². The molecular weight excluding hydrogens is 282 g/mol. The quantitative estimate of drug-likeness (QED) is 0.876. The van der Waals surface area contributed by atoms with E-state index in [0.717, 1.165) is 53.4 Å². The molecule has 0 saturated carbocycles. The molecule has 1 unspecified atom stereocenters. The summed E-state index contributed by atoms with van der Waals surface area (Å²) in [5, 5.41) is 13.7. The van der Waals surface area contributed by atoms with Gasteiger partial charge in [-0.1, -0.05) is 30.3 Å². The van der Waals surface area contributed by atoms with Crippen molar-refractivity contribution in [1.29, 1.82) is 0 Å². The Balaban J connectivity index is 1.73. The summed E-state index contributed by atoms with van der Waals surface area (Å²) >= 11 is 0. The second-order valence-electron chi connectivity index (χ2n) is 5.77. The van der Waals surface area contributed by atoms with Crippen LogP contribution in [-0.4, -0.2) is 51.7 Å². The predicted molar refractivity (Wildman–Crippen MR) is 79.8 cm³/mol. The standard InChI is InChI=1S/C16H17N3O3/c20-16(21)19-14-6-7-18(8-12-10-22-12)9-13(14)15(17-19)11-4-2-1-3-5-11/h1-5,12H,6-10H2,(H,20,21). The Labute approximate surface area is 127 Å². The van der Waals surface area contributed by atoms with Crippen molar-refractivity contribution in [2.24, 2.45) is 0 Å². The highest BCUT2D eigenvalue weighted by atomic mass is 16.6. The summed E-state index contributed by atoms with van der Waals surface area (Å²) in [5.74, 6) is 0. The Hall–Kier alpha value is -2.18. The highest BCUT2D eigenvalue weighted by molar-refractivity contribution is 5.73. The van der Waals surface area contributed by atoms with E-state index in [1.807, 2.05) is 30.3 Å². The zero-order valence-electron chi connectivity index (χ0n) is 12.1. The molecule has 22 heavy (non-hydrogen) atoms. The maximum atomic E-state index is 11.5. The third kappa shape index (κ3) is 2.40. The summed E-state index contributed by atoms with van der Waals surface area (Å²) < 4.78 is 6.44. The minimum Gasteiger partial charge on any atom is -0.463 e. The van der Waals surface area contributed by atoms with Crippen LogP contribution in [0, 0.1) is 0 Å². The first kappa shape index (κ1) is 13.5. The fourth-order valence-corrected chi connectivity index (χ4v) is 3.08. The average Bonchev–Trinajstić information content (AvgIpc) is 3.26. The maximum Gasteiger partial charge on any atom is 0.432 e. The molecule has 1 atom stereocenters. The molecule has 1 fully saturated rings. The van der Waals surface area contributed by atoms with E-state index >= 15 is 0 Å². The van der Waals surface area contributed by atoms with E-state index in [1.54, 1.807) is 0 Å². The van der Waals surface area contributed by atoms with Gasteiger partial charge in [0.2, 0.25) is 0 Å². The minimum atomic E-state index is -1.02. The molecule has 0 radical (unpaired) electrons. The lowest BCUT2D eigenvalue weighted by Crippen LogP contribution is -2.34. The monoisotopic (exact) mass is 299 g/mol. The van der Waals surface area contributed by atoms with Gasteiger partial charge in [0.05, 0.1) is 24.1 Å². The van der Waals surface area contributed by atoms with Crippen molar-refractivity contribution in [2.45, 2.75) is 19.1 Å². The van der Waals surface area contributed by atoms with Crippen LogP contribution in [0.3, 0.4) is 0 Å². The molecular formula is C16H17N3O3. The van der Waals surface area contributed by atoms with Crippen molar-refractivity contribution in [3.8, 4) is 11.3 Å². The van der Waals surface area contributed by atoms with Gasteiger partial charge in [0.15, 0.2) is 0 Å². The Morgan fingerprint density at radius 1 is 1.36 bits per heavy atom. The zero-order chi connectivity index (χ0) is 15.1. The highest BCUT2D eigenvalue weighted by Gasteiger charge is 2.31. The third-order valence-electron chi connectivity index (χ3n) is 4.23. The van der Waals surface area contributed by atoms with Crippen LogP contribution in [0.5, 0.6) is 0 Å². The number of hydrogen-bond acceptors (Lipinski definition) is 4. The van der Waals surface area contributed by atoms with Gasteiger partial charge in [-0.15, -0.1) is 0 Å². The topological polar surface area (TPSA) is 70.9 Å². The number of rotatable bonds is 3. The molecule has 1 aromatic heterocycles. The molecule has 6 heteroatoms. The Kier molecular flexibility index (Phi) is 3.20. The molecule has 3 heterocycles. The van der Waals surface area contributed by atoms with Crippen LogP contribution in [0.4, 0.5) is 4.79 Å². The number of ether oxygens (including phenoxy) is 1. The van der Waals surface area contributed by atoms with Gasteiger partial charge in [0.25, 0.3) is 0 Å². The average molecular weight is 299 g/mol. The van der Waals surface area contributed by atoms with E-state index in [-0.39, 0.29) is 0 Å². The normalized spacial score (nSPS) is 20.6. The molecule has 1 saturated heterocycles. The van der Waals surface area contributed by atoms with Crippen LogP contribution in [-0.2, 0) is 17.7 Å². The summed E-state index contributed by atoms with van der Waals surface area (Å²) in [4.78, 5) is 13.8. The third-order valence-corrected chi connectivity index (χ3v) is 4.23. The number of aromatic nitrogens is 2. The summed E-state index contributed by atoms with van der Waals surface area (Å²) in [5.41, 5.74) is 3.59. The van der Waals surface area contributed by atoms with Gasteiger partial charge in [-0.2, -0.15) is 9.78 Å². The second kappa shape index (κ2) is 5.23. The number of benzene rings is 1. The molecule has 2 aliphatic heterocycles. The largest absolute Gasteiger partial charge is 0.463 e. The van der Waals surface area contributed by atoms with Crippen LogP contribution < -0.4 is 0 Å². The summed E-state index contributed by atoms with van der Waals surface area (Å²) in [6.07, 6.45) is 0.0300. The summed E-state index contributed by atoms with van der Waals surface area (Å²) in [6.45, 7) is 3.32. The predicted octanol–water partition coefficient (Wildman–Crippen LogP) is 1.83. The number of hydrogen-bond donors (Lipinski definition) is 1. The van der Waals surface area contributed by atoms with Crippen molar-refractivity contribution < 1.29 is 14.6 Å². The van der Waals surface area contributed by atoms with Crippen LogP contribution in [0.2, 0.25) is 0 Å². The van der Waals surface area contributed by atoms with Gasteiger partial charge in [0.1, 0.15) is 0 Å². The highest BCUT2D eigenvalue weighted by Crippen LogP contribution is 2.30. The molecule has 0 amide bonds. The first-order valence-corrected chi connectivity index (χ1v) is 7.46. The van der Waals surface area contributed by atoms with Gasteiger partial charge in [-0.05, 0) is 0 Å². The lowest BCUT2D eigenvalue weighted by Gasteiger charge is -2.26. The molecule has 2 aliphatic rings. The number of carboxylic acid groups (broad SMARTS) is 1. The fraction of sp³-hybridized carbons (Fsp3) is 0.375. The van der Waals surface area contributed by atoms with E-state index in [1.165, 1.54) is 0 Å². The molecule has 114 valence electrons. The van der Waals surface area contributed by atoms with E-state index in [4.69, 9.17) is 4.74 Å². The minimum absolute atomic E-state index is 0.344. The smallest absolute Gasteiger partial charge is 0.432 e. The zero-order valence-corrected chi connectivity index (χ0v) is 12.1. The number of epoxide rings is 1. The SMILES string of the molecule is O=C(O)n1nc(-c2ccccc2)c2c1CCN(CC1CO1)C2. The van der Waals surface area contributed by atoms with Gasteiger partial charge in [-0.25, -0.2) is 4.79 Å². The number of nitrogens with zero attached hydrogens (tertiary/aromatic N) is 3. The molecule has 6 nitrogen and oxygen atoms in total.